The molecule has 160 valence electrons. The summed E-state index contributed by atoms with van der Waals surface area (Å²) in [6.07, 6.45) is -0.147. The molecule has 0 spiro atoms. The molecule has 0 unspecified atom stereocenters. The van der Waals surface area contributed by atoms with Crippen LogP contribution in [0.5, 0.6) is 5.75 Å². The van der Waals surface area contributed by atoms with E-state index in [1.807, 2.05) is 12.1 Å². The van der Waals surface area contributed by atoms with E-state index in [2.05, 4.69) is 6.92 Å². The Morgan fingerprint density at radius 1 is 1.00 bits per heavy atom. The zero-order chi connectivity index (χ0) is 21.9. The van der Waals surface area contributed by atoms with E-state index in [0.717, 1.165) is 24.3 Å². The first kappa shape index (κ1) is 22.0. The van der Waals surface area contributed by atoms with E-state index in [1.165, 1.54) is 12.8 Å². The molecule has 0 atom stereocenters. The number of hydrogen-bond donors (Lipinski definition) is 0. The fourth-order valence-electron chi connectivity index (χ4n) is 3.61. The van der Waals surface area contributed by atoms with Gasteiger partial charge in [0.2, 0.25) is 0 Å². The highest BCUT2D eigenvalue weighted by atomic mass is 19.4. The topological polar surface area (TPSA) is 26.3 Å². The molecule has 0 bridgehead atoms. The summed E-state index contributed by atoms with van der Waals surface area (Å²) < 4.78 is 69.8. The molecule has 1 aliphatic carbocycles. The number of hydrogen-bond acceptors (Lipinski definition) is 2. The number of carbonyl (C=O) groups is 1. The minimum atomic E-state index is -4.71. The van der Waals surface area contributed by atoms with Gasteiger partial charge in [-0.15, -0.1) is 0 Å². The zero-order valence-corrected chi connectivity index (χ0v) is 16.3. The molecule has 0 aromatic heterocycles. The zero-order valence-electron chi connectivity index (χ0n) is 16.3. The first-order valence-corrected chi connectivity index (χ1v) is 9.69. The molecular formula is C23H21F5O2. The van der Waals surface area contributed by atoms with Crippen LogP contribution in [0.25, 0.3) is 6.08 Å². The van der Waals surface area contributed by atoms with Crippen LogP contribution in [-0.4, -0.2) is 12.1 Å². The molecule has 0 amide bonds. The summed E-state index contributed by atoms with van der Waals surface area (Å²) in [7, 11) is 0. The van der Waals surface area contributed by atoms with Gasteiger partial charge in [0.25, 0.3) is 0 Å². The van der Waals surface area contributed by atoms with Gasteiger partial charge in [-0.05, 0) is 60.6 Å². The highest BCUT2D eigenvalue weighted by Crippen LogP contribution is 2.36. The number of carbonyl (C=O) groups excluding carboxylic acids is 1. The van der Waals surface area contributed by atoms with Gasteiger partial charge in [0.05, 0.1) is 5.56 Å². The van der Waals surface area contributed by atoms with Gasteiger partial charge >= 0.3 is 12.1 Å². The predicted molar refractivity (Wildman–Crippen MR) is 103 cm³/mol. The Labute approximate surface area is 171 Å². The minimum absolute atomic E-state index is 0.217. The summed E-state index contributed by atoms with van der Waals surface area (Å²) in [5, 5.41) is 0. The van der Waals surface area contributed by atoms with Crippen LogP contribution < -0.4 is 4.74 Å². The standard InChI is InChI=1S/C23H21F5O2/c1-14-2-4-15(5-3-14)16-6-8-18(9-7-16)30-22(29)17-12-20(24)19(21(25)13-17)10-11-23(26,27)28/h6-15H,2-5H2,1H3/b11-10+. The quantitative estimate of drug-likeness (QED) is 0.299. The van der Waals surface area contributed by atoms with Gasteiger partial charge in [-0.25, -0.2) is 13.6 Å². The van der Waals surface area contributed by atoms with Crippen molar-refractivity contribution in [1.82, 2.24) is 0 Å². The van der Waals surface area contributed by atoms with Gasteiger partial charge in [0.1, 0.15) is 17.4 Å². The van der Waals surface area contributed by atoms with Crippen molar-refractivity contribution < 1.29 is 31.5 Å². The molecule has 0 N–H and O–H groups in total. The van der Waals surface area contributed by atoms with Crippen molar-refractivity contribution in [3.63, 3.8) is 0 Å². The lowest BCUT2D eigenvalue weighted by Crippen LogP contribution is -2.12. The average Bonchev–Trinajstić information content (AvgIpc) is 2.67. The highest BCUT2D eigenvalue weighted by molar-refractivity contribution is 5.91. The Bertz CT molecular complexity index is 901. The van der Waals surface area contributed by atoms with Crippen molar-refractivity contribution in [2.45, 2.75) is 44.7 Å². The van der Waals surface area contributed by atoms with Crippen LogP contribution >= 0.6 is 0 Å². The van der Waals surface area contributed by atoms with Gasteiger partial charge in [0.15, 0.2) is 0 Å². The third-order valence-electron chi connectivity index (χ3n) is 5.33. The molecule has 0 heterocycles. The summed E-state index contributed by atoms with van der Waals surface area (Å²) in [4.78, 5) is 12.2. The summed E-state index contributed by atoms with van der Waals surface area (Å²) in [5.74, 6) is -2.16. The Balaban J connectivity index is 1.69. The maximum atomic E-state index is 14.0. The second-order valence-corrected chi connectivity index (χ2v) is 7.64. The third-order valence-corrected chi connectivity index (χ3v) is 5.33. The van der Waals surface area contributed by atoms with Crippen molar-refractivity contribution in [3.8, 4) is 5.75 Å². The van der Waals surface area contributed by atoms with Crippen LogP contribution in [0.1, 0.15) is 60.0 Å². The molecule has 30 heavy (non-hydrogen) atoms. The average molecular weight is 424 g/mol. The van der Waals surface area contributed by atoms with E-state index in [1.54, 1.807) is 12.1 Å². The molecule has 3 rings (SSSR count). The van der Waals surface area contributed by atoms with Crippen LogP contribution in [0, 0.1) is 17.6 Å². The molecule has 0 saturated heterocycles. The van der Waals surface area contributed by atoms with Crippen molar-refractivity contribution in [3.05, 3.63) is 70.8 Å². The van der Waals surface area contributed by atoms with Crippen molar-refractivity contribution in [2.75, 3.05) is 0 Å². The van der Waals surface area contributed by atoms with Crippen molar-refractivity contribution >= 4 is 12.0 Å². The van der Waals surface area contributed by atoms with E-state index in [-0.39, 0.29) is 17.9 Å². The van der Waals surface area contributed by atoms with Crippen LogP contribution in [-0.2, 0) is 0 Å². The number of allylic oxidation sites excluding steroid dienone is 1. The van der Waals surface area contributed by atoms with E-state index >= 15 is 0 Å². The molecule has 0 aliphatic heterocycles. The highest BCUT2D eigenvalue weighted by Gasteiger charge is 2.24. The first-order valence-electron chi connectivity index (χ1n) is 9.69. The lowest BCUT2D eigenvalue weighted by molar-refractivity contribution is -0.0790. The second kappa shape index (κ2) is 8.98. The number of rotatable bonds is 4. The molecule has 1 fully saturated rings. The number of esters is 1. The molecular weight excluding hydrogens is 403 g/mol. The second-order valence-electron chi connectivity index (χ2n) is 7.64. The van der Waals surface area contributed by atoms with Crippen LogP contribution in [0.4, 0.5) is 22.0 Å². The Hall–Kier alpha value is -2.70. The molecule has 2 aromatic carbocycles. The predicted octanol–water partition coefficient (Wildman–Crippen LogP) is 7.05. The smallest absolute Gasteiger partial charge is 0.409 e. The summed E-state index contributed by atoms with van der Waals surface area (Å²) in [6.45, 7) is 2.24. The molecule has 2 nitrogen and oxygen atoms in total. The minimum Gasteiger partial charge on any atom is -0.423 e. The van der Waals surface area contributed by atoms with E-state index in [9.17, 15) is 26.7 Å². The van der Waals surface area contributed by atoms with E-state index < -0.39 is 34.9 Å². The number of ether oxygens (including phenoxy) is 1. The monoisotopic (exact) mass is 424 g/mol. The third kappa shape index (κ3) is 5.68. The van der Waals surface area contributed by atoms with Gasteiger partial charge < -0.3 is 4.74 Å². The Morgan fingerprint density at radius 3 is 2.10 bits per heavy atom. The van der Waals surface area contributed by atoms with Crippen molar-refractivity contribution in [1.29, 1.82) is 0 Å². The van der Waals surface area contributed by atoms with E-state index in [4.69, 9.17) is 4.74 Å². The Kier molecular flexibility index (Phi) is 6.58. The molecule has 1 saturated carbocycles. The van der Waals surface area contributed by atoms with Crippen LogP contribution in [0.2, 0.25) is 0 Å². The largest absolute Gasteiger partial charge is 0.423 e. The number of halogens is 5. The number of alkyl halides is 3. The normalized spacial score (nSPS) is 19.8. The lowest BCUT2D eigenvalue weighted by Gasteiger charge is -2.26. The Morgan fingerprint density at radius 2 is 1.57 bits per heavy atom. The summed E-state index contributed by atoms with van der Waals surface area (Å²) >= 11 is 0. The van der Waals surface area contributed by atoms with Gasteiger partial charge in [-0.2, -0.15) is 13.2 Å². The van der Waals surface area contributed by atoms with Gasteiger partial charge in [-0.1, -0.05) is 31.9 Å². The fraction of sp³-hybridized carbons (Fsp3) is 0.348. The number of benzene rings is 2. The fourth-order valence-corrected chi connectivity index (χ4v) is 3.61. The first-order chi connectivity index (χ1) is 14.1. The van der Waals surface area contributed by atoms with Crippen molar-refractivity contribution in [2.24, 2.45) is 5.92 Å². The molecule has 1 aliphatic rings. The molecule has 2 aromatic rings. The van der Waals surface area contributed by atoms with Crippen LogP contribution in [0.15, 0.2) is 42.5 Å². The SMILES string of the molecule is CC1CCC(c2ccc(OC(=O)c3cc(F)c(/C=C/C(F)(F)F)c(F)c3)cc2)CC1. The lowest BCUT2D eigenvalue weighted by atomic mass is 9.79. The van der Waals surface area contributed by atoms with Gasteiger partial charge in [0, 0.05) is 11.6 Å². The summed E-state index contributed by atoms with van der Waals surface area (Å²) in [6, 6.07) is 8.29. The maximum absolute atomic E-state index is 14.0. The maximum Gasteiger partial charge on any atom is 0.409 e. The molecule has 0 radical (unpaired) electrons. The van der Waals surface area contributed by atoms with Crippen LogP contribution in [0.3, 0.4) is 0 Å². The van der Waals surface area contributed by atoms with E-state index in [0.29, 0.717) is 18.1 Å². The summed E-state index contributed by atoms with van der Waals surface area (Å²) in [5.41, 5.74) is -0.158. The van der Waals surface area contributed by atoms with Gasteiger partial charge in [-0.3, -0.25) is 0 Å². The molecule has 7 heteroatoms.